The lowest BCUT2D eigenvalue weighted by molar-refractivity contribution is -0.140. The number of piperidine rings is 1. The number of likely N-dealkylation sites (tertiary alicyclic amines) is 1. The Bertz CT molecular complexity index is 1360. The molecule has 1 amide bonds. The molecule has 0 unspecified atom stereocenters. The lowest BCUT2D eigenvalue weighted by atomic mass is 10.0. The third-order valence-electron chi connectivity index (χ3n) is 6.29. The standard InChI is InChI=1S/C22H22ClN3O6S/c23-16-5-7-17(8-6-16)33(29,30)26-13-14-31-22(26)9-11-24(12-10-22)20(27)15-25-18-3-1-2-4-19(18)32-21(25)28/h1-8H,9-15H2. The monoisotopic (exact) mass is 491 g/mol. The molecule has 3 aromatic rings. The van der Waals surface area contributed by atoms with E-state index in [2.05, 4.69) is 0 Å². The van der Waals surface area contributed by atoms with Gasteiger partial charge in [0.25, 0.3) is 0 Å². The van der Waals surface area contributed by atoms with Gasteiger partial charge in [-0.15, -0.1) is 0 Å². The van der Waals surface area contributed by atoms with E-state index in [4.69, 9.17) is 20.8 Å². The van der Waals surface area contributed by atoms with Gasteiger partial charge in [-0.1, -0.05) is 23.7 Å². The highest BCUT2D eigenvalue weighted by Crippen LogP contribution is 2.38. The molecule has 2 aromatic carbocycles. The number of hydrogen-bond acceptors (Lipinski definition) is 6. The van der Waals surface area contributed by atoms with Crippen molar-refractivity contribution in [1.82, 2.24) is 13.8 Å². The number of hydrogen-bond donors (Lipinski definition) is 0. The van der Waals surface area contributed by atoms with Crippen molar-refractivity contribution in [3.05, 3.63) is 64.1 Å². The molecule has 2 saturated heterocycles. The highest BCUT2D eigenvalue weighted by atomic mass is 35.5. The Kier molecular flexibility index (Phi) is 5.56. The summed E-state index contributed by atoms with van der Waals surface area (Å²) in [4.78, 5) is 26.9. The molecule has 2 aliphatic rings. The van der Waals surface area contributed by atoms with E-state index in [0.717, 1.165) is 0 Å². The van der Waals surface area contributed by atoms with Crippen LogP contribution in [0.2, 0.25) is 5.02 Å². The van der Waals surface area contributed by atoms with E-state index < -0.39 is 21.5 Å². The summed E-state index contributed by atoms with van der Waals surface area (Å²) in [5, 5.41) is 0.456. The van der Waals surface area contributed by atoms with Crippen LogP contribution in [0.5, 0.6) is 0 Å². The van der Waals surface area contributed by atoms with Crippen molar-refractivity contribution in [1.29, 1.82) is 0 Å². The molecule has 0 saturated carbocycles. The Hall–Kier alpha value is -2.66. The van der Waals surface area contributed by atoms with Crippen LogP contribution in [-0.4, -0.2) is 60.1 Å². The van der Waals surface area contributed by atoms with E-state index in [1.54, 1.807) is 41.3 Å². The van der Waals surface area contributed by atoms with Crippen molar-refractivity contribution in [3.63, 3.8) is 0 Å². The highest BCUT2D eigenvalue weighted by molar-refractivity contribution is 7.89. The summed E-state index contributed by atoms with van der Waals surface area (Å²) in [6.07, 6.45) is 0.680. The fourth-order valence-electron chi connectivity index (χ4n) is 4.57. The van der Waals surface area contributed by atoms with E-state index in [9.17, 15) is 18.0 Å². The quantitative estimate of drug-likeness (QED) is 0.555. The maximum absolute atomic E-state index is 13.3. The predicted molar refractivity (Wildman–Crippen MR) is 120 cm³/mol. The number of para-hydroxylation sites is 2. The molecule has 0 N–H and O–H groups in total. The van der Waals surface area contributed by atoms with Crippen molar-refractivity contribution in [2.75, 3.05) is 26.2 Å². The number of ether oxygens (including phenoxy) is 1. The molecule has 2 fully saturated rings. The van der Waals surface area contributed by atoms with Gasteiger partial charge in [-0.2, -0.15) is 4.31 Å². The number of sulfonamides is 1. The molecule has 1 spiro atoms. The number of benzene rings is 2. The predicted octanol–water partition coefficient (Wildman–Crippen LogP) is 2.29. The first-order valence-electron chi connectivity index (χ1n) is 10.6. The summed E-state index contributed by atoms with van der Waals surface area (Å²) < 4.78 is 40.4. The van der Waals surface area contributed by atoms with Gasteiger partial charge in [0.2, 0.25) is 15.9 Å². The second-order valence-electron chi connectivity index (χ2n) is 8.13. The average Bonchev–Trinajstić information content (AvgIpc) is 3.36. The van der Waals surface area contributed by atoms with E-state index in [1.807, 2.05) is 0 Å². The van der Waals surface area contributed by atoms with Crippen molar-refractivity contribution in [2.24, 2.45) is 0 Å². The molecule has 0 bridgehead atoms. The van der Waals surface area contributed by atoms with Crippen LogP contribution in [0.4, 0.5) is 0 Å². The van der Waals surface area contributed by atoms with Crippen LogP contribution in [0.1, 0.15) is 12.8 Å². The van der Waals surface area contributed by atoms with Crippen molar-refractivity contribution < 1.29 is 22.4 Å². The Morgan fingerprint density at radius 1 is 1.03 bits per heavy atom. The van der Waals surface area contributed by atoms with Crippen LogP contribution >= 0.6 is 11.6 Å². The molecular weight excluding hydrogens is 470 g/mol. The Morgan fingerprint density at radius 3 is 2.45 bits per heavy atom. The number of oxazole rings is 1. The van der Waals surface area contributed by atoms with Gasteiger partial charge < -0.3 is 14.1 Å². The largest absolute Gasteiger partial charge is 0.420 e. The zero-order valence-electron chi connectivity index (χ0n) is 17.6. The van der Waals surface area contributed by atoms with Crippen LogP contribution in [0, 0.1) is 0 Å². The van der Waals surface area contributed by atoms with Crippen LogP contribution < -0.4 is 5.76 Å². The van der Waals surface area contributed by atoms with E-state index in [0.29, 0.717) is 42.1 Å². The van der Waals surface area contributed by atoms with Gasteiger partial charge >= 0.3 is 5.76 Å². The zero-order valence-corrected chi connectivity index (χ0v) is 19.2. The average molecular weight is 492 g/mol. The number of halogens is 1. The van der Waals surface area contributed by atoms with E-state index >= 15 is 0 Å². The van der Waals surface area contributed by atoms with Gasteiger partial charge in [0.05, 0.1) is 17.0 Å². The smallest absolute Gasteiger partial charge is 0.408 e. The minimum atomic E-state index is -3.78. The number of nitrogens with zero attached hydrogens (tertiary/aromatic N) is 3. The normalized spacial score (nSPS) is 18.9. The molecular formula is C22H22ClN3O6S. The molecule has 3 heterocycles. The Balaban J connectivity index is 1.31. The third kappa shape index (κ3) is 3.86. The van der Waals surface area contributed by atoms with Gasteiger partial charge in [0.15, 0.2) is 5.58 Å². The molecule has 0 radical (unpaired) electrons. The fraction of sp³-hybridized carbons (Fsp3) is 0.364. The first-order chi connectivity index (χ1) is 15.8. The summed E-state index contributed by atoms with van der Waals surface area (Å²) in [5.74, 6) is -0.819. The number of carbonyl (C=O) groups is 1. The van der Waals surface area contributed by atoms with Crippen molar-refractivity contribution >= 4 is 38.6 Å². The van der Waals surface area contributed by atoms with Gasteiger partial charge in [-0.05, 0) is 36.4 Å². The zero-order chi connectivity index (χ0) is 23.2. The SMILES string of the molecule is O=C(Cn1c(=O)oc2ccccc21)N1CCC2(CC1)OCCN2S(=O)(=O)c1ccc(Cl)cc1. The third-order valence-corrected chi connectivity index (χ3v) is 8.50. The van der Waals surface area contributed by atoms with Crippen LogP contribution in [0.25, 0.3) is 11.1 Å². The first kappa shape index (κ1) is 22.1. The highest BCUT2D eigenvalue weighted by Gasteiger charge is 2.51. The van der Waals surface area contributed by atoms with Crippen LogP contribution in [-0.2, 0) is 26.1 Å². The lowest BCUT2D eigenvalue weighted by Crippen LogP contribution is -2.56. The number of amides is 1. The molecule has 9 nitrogen and oxygen atoms in total. The van der Waals surface area contributed by atoms with Crippen molar-refractivity contribution in [3.8, 4) is 0 Å². The molecule has 11 heteroatoms. The molecule has 0 atom stereocenters. The van der Waals surface area contributed by atoms with Crippen LogP contribution in [0.3, 0.4) is 0 Å². The second-order valence-corrected chi connectivity index (χ2v) is 10.4. The number of carbonyl (C=O) groups excluding carboxylic acids is 1. The number of aromatic nitrogens is 1. The maximum Gasteiger partial charge on any atom is 0.420 e. The summed E-state index contributed by atoms with van der Waals surface area (Å²) in [6.45, 7) is 1.02. The lowest BCUT2D eigenvalue weighted by Gasteiger charge is -2.42. The minimum Gasteiger partial charge on any atom is -0.408 e. The van der Waals surface area contributed by atoms with Crippen LogP contribution in [0.15, 0.2) is 62.6 Å². The first-order valence-corrected chi connectivity index (χ1v) is 12.4. The summed E-state index contributed by atoms with van der Waals surface area (Å²) in [6, 6.07) is 13.0. The minimum absolute atomic E-state index is 0.142. The number of fused-ring (bicyclic) bond motifs is 1. The molecule has 174 valence electrons. The molecule has 0 aliphatic carbocycles. The van der Waals surface area contributed by atoms with Gasteiger partial charge in [0.1, 0.15) is 12.3 Å². The van der Waals surface area contributed by atoms with Gasteiger partial charge in [0, 0.05) is 37.5 Å². The van der Waals surface area contributed by atoms with Gasteiger partial charge in [-0.25, -0.2) is 13.2 Å². The van der Waals surface area contributed by atoms with E-state index in [-0.39, 0.29) is 30.5 Å². The molecule has 2 aliphatic heterocycles. The fourth-order valence-corrected chi connectivity index (χ4v) is 6.41. The van der Waals surface area contributed by atoms with E-state index in [1.165, 1.54) is 21.0 Å². The Morgan fingerprint density at radius 2 is 1.73 bits per heavy atom. The van der Waals surface area contributed by atoms with Gasteiger partial charge in [-0.3, -0.25) is 9.36 Å². The second kappa shape index (κ2) is 8.28. The summed E-state index contributed by atoms with van der Waals surface area (Å²) in [7, 11) is -3.78. The number of rotatable bonds is 4. The Labute approximate surface area is 195 Å². The van der Waals surface area contributed by atoms with Crippen molar-refractivity contribution in [2.45, 2.75) is 30.0 Å². The summed E-state index contributed by atoms with van der Waals surface area (Å²) in [5.41, 5.74) is -0.00647. The molecule has 33 heavy (non-hydrogen) atoms. The summed E-state index contributed by atoms with van der Waals surface area (Å²) >= 11 is 5.90. The maximum atomic E-state index is 13.3. The molecule has 1 aromatic heterocycles. The topological polar surface area (TPSA) is 102 Å². The molecule has 5 rings (SSSR count).